The van der Waals surface area contributed by atoms with Crippen LogP contribution in [0.15, 0.2) is 51.8 Å². The number of Topliss-reactive ketones (excluding diaryl/α,β-unsaturated/α-hetero) is 1. The summed E-state index contributed by atoms with van der Waals surface area (Å²) in [5.74, 6) is -1.17. The molecule has 0 radical (unpaired) electrons. The first-order valence-electron chi connectivity index (χ1n) is 13.9. The Morgan fingerprint density at radius 1 is 1.07 bits per heavy atom. The number of fused-ring (bicyclic) bond motifs is 1. The van der Waals surface area contributed by atoms with Gasteiger partial charge >= 0.3 is 0 Å². The Balaban J connectivity index is 1.74. The van der Waals surface area contributed by atoms with Crippen molar-refractivity contribution in [1.29, 1.82) is 0 Å². The molecule has 232 valence electrons. The number of ketones is 1. The molecule has 1 unspecified atom stereocenters. The number of nitrogens with one attached hydrogen (secondary N) is 2. The lowest BCUT2D eigenvalue weighted by Gasteiger charge is -2.33. The molecule has 4 rings (SSSR count). The van der Waals surface area contributed by atoms with E-state index in [0.717, 1.165) is 0 Å². The summed E-state index contributed by atoms with van der Waals surface area (Å²) in [4.78, 5) is 40.7. The van der Waals surface area contributed by atoms with E-state index in [0.29, 0.717) is 39.7 Å². The van der Waals surface area contributed by atoms with Gasteiger partial charge in [0.15, 0.2) is 23.0 Å². The van der Waals surface area contributed by atoms with Gasteiger partial charge in [0.2, 0.25) is 0 Å². The number of ether oxygens (including phenoxy) is 3. The van der Waals surface area contributed by atoms with Crippen LogP contribution in [0, 0.1) is 5.92 Å². The summed E-state index contributed by atoms with van der Waals surface area (Å²) in [6.45, 7) is 4.09. The summed E-state index contributed by atoms with van der Waals surface area (Å²) in [5.41, 5.74) is 0.355. The maximum Gasteiger partial charge on any atom is 0.287 e. The number of carbonyl (C=O) groups excluding carboxylic acids is 3. The fourth-order valence-corrected chi connectivity index (χ4v) is 6.69. The predicted molar refractivity (Wildman–Crippen MR) is 158 cm³/mol. The van der Waals surface area contributed by atoms with Gasteiger partial charge in [-0.3, -0.25) is 14.4 Å². The molecular formula is C30H37N3O9S. The number of nitrogens with zero attached hydrogens (tertiary/aromatic N) is 1. The van der Waals surface area contributed by atoms with E-state index in [1.807, 2.05) is 13.8 Å². The summed E-state index contributed by atoms with van der Waals surface area (Å²) in [7, 11) is -0.189. The number of amides is 2. The lowest BCUT2D eigenvalue weighted by Crippen LogP contribution is -2.56. The SMILES string of the molecule is COc1cccc(S(=O)(=O)N(C(=O)C(CC(C)C)NC(=O)c2cc3cc(OC)c(OC)cc3o2)[C@H]2CCCNCC2=O)c1. The number of benzene rings is 2. The first-order chi connectivity index (χ1) is 20.5. The summed E-state index contributed by atoms with van der Waals surface area (Å²) >= 11 is 0. The highest BCUT2D eigenvalue weighted by atomic mass is 32.2. The Morgan fingerprint density at radius 3 is 2.47 bits per heavy atom. The van der Waals surface area contributed by atoms with Crippen LogP contribution in [-0.4, -0.2) is 76.8 Å². The smallest absolute Gasteiger partial charge is 0.287 e. The van der Waals surface area contributed by atoms with Crippen molar-refractivity contribution in [3.8, 4) is 17.2 Å². The monoisotopic (exact) mass is 615 g/mol. The molecule has 2 atom stereocenters. The Hall–Kier alpha value is -4.10. The molecule has 0 spiro atoms. The molecule has 0 saturated carbocycles. The number of hydrogen-bond acceptors (Lipinski definition) is 10. The van der Waals surface area contributed by atoms with Gasteiger partial charge in [0.1, 0.15) is 23.4 Å². The van der Waals surface area contributed by atoms with Crippen LogP contribution in [0.4, 0.5) is 0 Å². The molecule has 2 amide bonds. The van der Waals surface area contributed by atoms with E-state index < -0.39 is 39.7 Å². The zero-order chi connectivity index (χ0) is 31.3. The topological polar surface area (TPSA) is 153 Å². The molecule has 13 heteroatoms. The van der Waals surface area contributed by atoms with Crippen molar-refractivity contribution in [3.05, 3.63) is 48.2 Å². The number of rotatable bonds is 11. The number of sulfonamides is 1. The molecule has 2 heterocycles. The van der Waals surface area contributed by atoms with Gasteiger partial charge in [-0.1, -0.05) is 19.9 Å². The van der Waals surface area contributed by atoms with E-state index in [9.17, 15) is 22.8 Å². The second-order valence-corrected chi connectivity index (χ2v) is 12.4. The van der Waals surface area contributed by atoms with Gasteiger partial charge in [0.25, 0.3) is 21.8 Å². The van der Waals surface area contributed by atoms with E-state index in [4.69, 9.17) is 18.6 Å². The average molecular weight is 616 g/mol. The fraction of sp³-hybridized carbons (Fsp3) is 0.433. The molecule has 12 nitrogen and oxygen atoms in total. The van der Waals surface area contributed by atoms with E-state index in [1.165, 1.54) is 45.6 Å². The summed E-state index contributed by atoms with van der Waals surface area (Å²) in [5, 5.41) is 6.21. The maximum atomic E-state index is 14.3. The quantitative estimate of drug-likeness (QED) is 0.329. The number of furan rings is 1. The van der Waals surface area contributed by atoms with Gasteiger partial charge in [-0.2, -0.15) is 0 Å². The van der Waals surface area contributed by atoms with Gasteiger partial charge in [-0.15, -0.1) is 0 Å². The predicted octanol–water partition coefficient (Wildman–Crippen LogP) is 3.14. The highest BCUT2D eigenvalue weighted by Gasteiger charge is 2.43. The standard InChI is InChI=1S/C30H37N3O9S/c1-18(2)12-22(32-29(35)28-14-19-13-26(40-4)27(41-5)16-25(19)42-28)30(36)33(23-10-7-11-31-17-24(23)34)43(37,38)21-9-6-8-20(15-21)39-3/h6,8-9,13-16,18,22-23,31H,7,10-12,17H2,1-5H3,(H,32,35)/t22?,23-/m0/s1. The second kappa shape index (κ2) is 13.5. The van der Waals surface area contributed by atoms with Gasteiger partial charge in [-0.25, -0.2) is 12.7 Å². The minimum absolute atomic E-state index is 0.0881. The molecule has 3 aromatic rings. The summed E-state index contributed by atoms with van der Waals surface area (Å²) < 4.78 is 50.5. The average Bonchev–Trinajstić information content (AvgIpc) is 3.30. The van der Waals surface area contributed by atoms with Crippen molar-refractivity contribution in [1.82, 2.24) is 14.9 Å². The minimum Gasteiger partial charge on any atom is -0.497 e. The van der Waals surface area contributed by atoms with Crippen molar-refractivity contribution < 1.29 is 41.4 Å². The Bertz CT molecular complexity index is 1560. The number of hydrogen-bond donors (Lipinski definition) is 2. The van der Waals surface area contributed by atoms with Crippen LogP contribution in [-0.2, 0) is 19.6 Å². The Kier molecular flexibility index (Phi) is 9.97. The second-order valence-electron chi connectivity index (χ2n) is 10.6. The van der Waals surface area contributed by atoms with Crippen LogP contribution in [0.3, 0.4) is 0 Å². The van der Waals surface area contributed by atoms with Gasteiger partial charge in [0, 0.05) is 17.5 Å². The third-order valence-corrected chi connectivity index (χ3v) is 8.96. The lowest BCUT2D eigenvalue weighted by molar-refractivity contribution is -0.135. The largest absolute Gasteiger partial charge is 0.497 e. The molecule has 1 aliphatic heterocycles. The zero-order valence-electron chi connectivity index (χ0n) is 24.8. The maximum absolute atomic E-state index is 14.3. The van der Waals surface area contributed by atoms with Crippen molar-refractivity contribution in [2.75, 3.05) is 34.4 Å². The Morgan fingerprint density at radius 2 is 1.79 bits per heavy atom. The van der Waals surface area contributed by atoms with Crippen LogP contribution in [0.2, 0.25) is 0 Å². The molecule has 0 bridgehead atoms. The zero-order valence-corrected chi connectivity index (χ0v) is 25.7. The highest BCUT2D eigenvalue weighted by Crippen LogP contribution is 2.34. The molecule has 0 aliphatic carbocycles. The molecule has 2 N–H and O–H groups in total. The van der Waals surface area contributed by atoms with Crippen LogP contribution in [0.25, 0.3) is 11.0 Å². The van der Waals surface area contributed by atoms with Crippen LogP contribution in [0.5, 0.6) is 17.2 Å². The van der Waals surface area contributed by atoms with Crippen molar-refractivity contribution in [3.63, 3.8) is 0 Å². The highest BCUT2D eigenvalue weighted by molar-refractivity contribution is 7.89. The number of carbonyl (C=O) groups is 3. The van der Waals surface area contributed by atoms with E-state index in [1.54, 1.807) is 18.2 Å². The van der Waals surface area contributed by atoms with Crippen molar-refractivity contribution in [2.24, 2.45) is 5.92 Å². The molecule has 43 heavy (non-hydrogen) atoms. The van der Waals surface area contributed by atoms with Crippen LogP contribution < -0.4 is 24.8 Å². The fourth-order valence-electron chi connectivity index (χ4n) is 5.03. The van der Waals surface area contributed by atoms with E-state index >= 15 is 0 Å². The summed E-state index contributed by atoms with van der Waals surface area (Å²) in [6, 6.07) is 7.89. The molecule has 1 aliphatic rings. The van der Waals surface area contributed by atoms with Gasteiger partial charge in [-0.05, 0) is 56.0 Å². The third-order valence-electron chi connectivity index (χ3n) is 7.16. The first kappa shape index (κ1) is 31.8. The van der Waals surface area contributed by atoms with E-state index in [2.05, 4.69) is 10.6 Å². The Labute approximate surface area is 250 Å². The number of methoxy groups -OCH3 is 3. The lowest BCUT2D eigenvalue weighted by atomic mass is 10.0. The van der Waals surface area contributed by atoms with E-state index in [-0.39, 0.29) is 41.7 Å². The van der Waals surface area contributed by atoms with Gasteiger partial charge in [0.05, 0.1) is 32.8 Å². The van der Waals surface area contributed by atoms with Crippen molar-refractivity contribution >= 4 is 38.6 Å². The van der Waals surface area contributed by atoms with Crippen LogP contribution in [0.1, 0.15) is 43.7 Å². The molecule has 2 aromatic carbocycles. The molecule has 1 saturated heterocycles. The molecular weight excluding hydrogens is 578 g/mol. The minimum atomic E-state index is -4.55. The third kappa shape index (κ3) is 6.94. The first-order valence-corrected chi connectivity index (χ1v) is 15.4. The van der Waals surface area contributed by atoms with Crippen molar-refractivity contribution in [2.45, 2.75) is 50.1 Å². The molecule has 1 fully saturated rings. The molecule has 1 aromatic heterocycles. The summed E-state index contributed by atoms with van der Waals surface area (Å²) in [6.07, 6.45) is 0.715. The van der Waals surface area contributed by atoms with Gasteiger partial charge < -0.3 is 29.3 Å². The normalized spacial score (nSPS) is 16.4. The van der Waals surface area contributed by atoms with Crippen LogP contribution >= 0.6 is 0 Å².